The average Bonchev–Trinajstić information content (AvgIpc) is 3.11. The first-order chi connectivity index (χ1) is 9.34. The van der Waals surface area contributed by atoms with E-state index in [0.717, 1.165) is 50.2 Å². The largest absolute Gasteiger partial charge is 0.472 e. The Morgan fingerprint density at radius 1 is 1.37 bits per heavy atom. The van der Waals surface area contributed by atoms with Crippen LogP contribution < -0.4 is 5.32 Å². The molecule has 0 amide bonds. The molecule has 3 rings (SSSR count). The van der Waals surface area contributed by atoms with Crippen molar-refractivity contribution in [3.8, 4) is 11.4 Å². The van der Waals surface area contributed by atoms with Gasteiger partial charge in [0, 0.05) is 0 Å². The lowest BCUT2D eigenvalue weighted by molar-refractivity contribution is 0.208. The zero-order valence-corrected chi connectivity index (χ0v) is 11.2. The Morgan fingerprint density at radius 3 is 2.89 bits per heavy atom. The summed E-state index contributed by atoms with van der Waals surface area (Å²) in [5.74, 6) is 1.41. The number of piperidine rings is 1. The average molecular weight is 261 g/mol. The van der Waals surface area contributed by atoms with E-state index in [1.807, 2.05) is 6.07 Å². The molecule has 1 saturated heterocycles. The fraction of sp³-hybridized carbons (Fsp3) is 0.571. The van der Waals surface area contributed by atoms with Crippen molar-refractivity contribution in [2.45, 2.75) is 38.0 Å². The number of aromatic nitrogens is 2. The van der Waals surface area contributed by atoms with Crippen LogP contribution in [0.25, 0.3) is 11.4 Å². The predicted molar refractivity (Wildman–Crippen MR) is 70.7 cm³/mol. The van der Waals surface area contributed by atoms with Crippen molar-refractivity contribution < 1.29 is 8.94 Å². The monoisotopic (exact) mass is 261 g/mol. The van der Waals surface area contributed by atoms with Crippen molar-refractivity contribution >= 4 is 0 Å². The number of nitrogens with zero attached hydrogens (tertiary/aromatic N) is 2. The second-order valence-corrected chi connectivity index (χ2v) is 5.22. The summed E-state index contributed by atoms with van der Waals surface area (Å²) in [5.41, 5.74) is 0.921. The van der Waals surface area contributed by atoms with Gasteiger partial charge in [-0.15, -0.1) is 0 Å². The first-order valence-corrected chi connectivity index (χ1v) is 6.91. The van der Waals surface area contributed by atoms with Crippen LogP contribution in [-0.2, 0) is 5.41 Å². The quantitative estimate of drug-likeness (QED) is 0.916. The van der Waals surface area contributed by atoms with E-state index in [0.29, 0.717) is 5.82 Å². The van der Waals surface area contributed by atoms with Gasteiger partial charge < -0.3 is 14.3 Å². The molecule has 1 N–H and O–H groups in total. The van der Waals surface area contributed by atoms with Gasteiger partial charge in [0.2, 0.25) is 11.7 Å². The van der Waals surface area contributed by atoms with Gasteiger partial charge in [-0.05, 0) is 38.4 Å². The van der Waals surface area contributed by atoms with Crippen molar-refractivity contribution in [1.29, 1.82) is 0 Å². The Hall–Kier alpha value is -1.62. The zero-order chi connectivity index (χ0) is 13.1. The molecule has 0 spiro atoms. The number of hydrogen-bond acceptors (Lipinski definition) is 5. The third-order valence-corrected chi connectivity index (χ3v) is 3.95. The highest BCUT2D eigenvalue weighted by atomic mass is 16.5. The highest BCUT2D eigenvalue weighted by Gasteiger charge is 2.38. The Kier molecular flexibility index (Phi) is 3.38. The first kappa shape index (κ1) is 12.4. The van der Waals surface area contributed by atoms with Crippen LogP contribution in [0.1, 0.15) is 38.5 Å². The van der Waals surface area contributed by atoms with Gasteiger partial charge in [0.05, 0.1) is 17.2 Å². The minimum atomic E-state index is 0.0506. The van der Waals surface area contributed by atoms with E-state index in [1.165, 1.54) is 0 Å². The number of rotatable bonds is 4. The smallest absolute Gasteiger partial charge is 0.233 e. The molecule has 0 unspecified atom stereocenters. The van der Waals surface area contributed by atoms with Gasteiger partial charge in [0.25, 0.3) is 0 Å². The minimum Gasteiger partial charge on any atom is -0.472 e. The van der Waals surface area contributed by atoms with E-state index in [4.69, 9.17) is 8.94 Å². The molecule has 0 atom stereocenters. The van der Waals surface area contributed by atoms with Crippen LogP contribution in [0.4, 0.5) is 0 Å². The summed E-state index contributed by atoms with van der Waals surface area (Å²) < 4.78 is 10.6. The van der Waals surface area contributed by atoms with Crippen molar-refractivity contribution in [1.82, 2.24) is 15.5 Å². The molecule has 2 aromatic rings. The van der Waals surface area contributed by atoms with Crippen molar-refractivity contribution in [2.24, 2.45) is 0 Å². The van der Waals surface area contributed by atoms with Gasteiger partial charge in [-0.3, -0.25) is 0 Å². The standard InChI is InChI=1S/C14H19N3O2/c1-2-4-14(5-7-15-8-6-14)13-16-12(17-19-13)11-3-9-18-10-11/h3,9-10,15H,2,4-8H2,1H3. The Labute approximate surface area is 112 Å². The predicted octanol–water partition coefficient (Wildman–Crippen LogP) is 2.75. The molecular formula is C14H19N3O2. The summed E-state index contributed by atoms with van der Waals surface area (Å²) in [7, 11) is 0. The normalized spacial score (nSPS) is 18.6. The minimum absolute atomic E-state index is 0.0506. The number of nitrogens with one attached hydrogen (secondary N) is 1. The number of hydrogen-bond donors (Lipinski definition) is 1. The van der Waals surface area contributed by atoms with Gasteiger partial charge in [-0.1, -0.05) is 18.5 Å². The number of furan rings is 1. The second kappa shape index (κ2) is 5.17. The van der Waals surface area contributed by atoms with Crippen LogP contribution in [0.3, 0.4) is 0 Å². The van der Waals surface area contributed by atoms with Crippen LogP contribution in [0.5, 0.6) is 0 Å². The molecule has 1 aliphatic heterocycles. The first-order valence-electron chi connectivity index (χ1n) is 6.91. The summed E-state index contributed by atoms with van der Waals surface area (Å²) in [5, 5.41) is 7.49. The maximum atomic E-state index is 5.55. The molecule has 0 saturated carbocycles. The molecule has 102 valence electrons. The highest BCUT2D eigenvalue weighted by Crippen LogP contribution is 2.37. The fourth-order valence-corrected chi connectivity index (χ4v) is 2.90. The van der Waals surface area contributed by atoms with E-state index in [2.05, 4.69) is 22.4 Å². The van der Waals surface area contributed by atoms with E-state index in [-0.39, 0.29) is 5.41 Å². The summed E-state index contributed by atoms with van der Waals surface area (Å²) in [6, 6.07) is 1.85. The molecule has 0 radical (unpaired) electrons. The van der Waals surface area contributed by atoms with Crippen molar-refractivity contribution in [2.75, 3.05) is 13.1 Å². The lowest BCUT2D eigenvalue weighted by Gasteiger charge is -2.34. The van der Waals surface area contributed by atoms with E-state index in [1.54, 1.807) is 12.5 Å². The maximum absolute atomic E-state index is 5.55. The van der Waals surface area contributed by atoms with Gasteiger partial charge in [0.15, 0.2) is 0 Å². The Bertz CT molecular complexity index is 507. The molecule has 2 aromatic heterocycles. The van der Waals surface area contributed by atoms with Crippen LogP contribution in [-0.4, -0.2) is 23.2 Å². The molecule has 3 heterocycles. The van der Waals surface area contributed by atoms with Gasteiger partial charge in [-0.25, -0.2) is 0 Å². The van der Waals surface area contributed by atoms with Gasteiger partial charge in [-0.2, -0.15) is 4.98 Å². The van der Waals surface area contributed by atoms with Crippen molar-refractivity contribution in [3.05, 3.63) is 24.5 Å². The Balaban J connectivity index is 1.90. The van der Waals surface area contributed by atoms with Crippen LogP contribution in [0, 0.1) is 0 Å². The highest BCUT2D eigenvalue weighted by molar-refractivity contribution is 5.51. The molecule has 0 bridgehead atoms. The fourth-order valence-electron chi connectivity index (χ4n) is 2.90. The zero-order valence-electron chi connectivity index (χ0n) is 11.2. The van der Waals surface area contributed by atoms with E-state index in [9.17, 15) is 0 Å². The maximum Gasteiger partial charge on any atom is 0.233 e. The molecule has 0 aromatic carbocycles. The molecule has 1 fully saturated rings. The third kappa shape index (κ3) is 2.30. The summed E-state index contributed by atoms with van der Waals surface area (Å²) in [6.45, 7) is 4.24. The van der Waals surface area contributed by atoms with Crippen LogP contribution in [0.15, 0.2) is 27.5 Å². The topological polar surface area (TPSA) is 64.1 Å². The SMILES string of the molecule is CCCC1(c2nc(-c3ccoc3)no2)CCNCC1. The molecule has 19 heavy (non-hydrogen) atoms. The summed E-state index contributed by atoms with van der Waals surface area (Å²) in [6.07, 6.45) is 7.62. The van der Waals surface area contributed by atoms with Gasteiger partial charge >= 0.3 is 0 Å². The molecule has 5 heteroatoms. The molecule has 0 aliphatic carbocycles. The van der Waals surface area contributed by atoms with Crippen LogP contribution >= 0.6 is 0 Å². The molecule has 1 aliphatic rings. The molecular weight excluding hydrogens is 242 g/mol. The van der Waals surface area contributed by atoms with E-state index < -0.39 is 0 Å². The lowest BCUT2D eigenvalue weighted by Crippen LogP contribution is -2.40. The lowest BCUT2D eigenvalue weighted by atomic mass is 9.75. The second-order valence-electron chi connectivity index (χ2n) is 5.22. The van der Waals surface area contributed by atoms with Crippen molar-refractivity contribution in [3.63, 3.8) is 0 Å². The summed E-state index contributed by atoms with van der Waals surface area (Å²) in [4.78, 5) is 4.60. The third-order valence-electron chi connectivity index (χ3n) is 3.95. The van der Waals surface area contributed by atoms with Gasteiger partial charge in [0.1, 0.15) is 6.26 Å². The molecule has 5 nitrogen and oxygen atoms in total. The summed E-state index contributed by atoms with van der Waals surface area (Å²) >= 11 is 0. The van der Waals surface area contributed by atoms with Crippen LogP contribution in [0.2, 0.25) is 0 Å². The van der Waals surface area contributed by atoms with E-state index >= 15 is 0 Å². The Morgan fingerprint density at radius 2 is 2.21 bits per heavy atom.